The van der Waals surface area contributed by atoms with Crippen molar-refractivity contribution in [1.82, 2.24) is 10.3 Å². The Morgan fingerprint density at radius 2 is 1.55 bits per heavy atom. The molecule has 0 fully saturated rings. The summed E-state index contributed by atoms with van der Waals surface area (Å²) in [6, 6.07) is 29.2. The van der Waals surface area contributed by atoms with Crippen LogP contribution < -0.4 is 5.32 Å². The molecule has 5 aromatic rings. The minimum Gasteiger partial charge on any atom is -0.436 e. The Morgan fingerprint density at radius 3 is 2.21 bits per heavy atom. The molecule has 0 unspecified atom stereocenters. The number of rotatable bonds is 7. The highest BCUT2D eigenvalue weighted by molar-refractivity contribution is 6.09. The van der Waals surface area contributed by atoms with Gasteiger partial charge in [0.2, 0.25) is 5.89 Å². The van der Waals surface area contributed by atoms with Crippen molar-refractivity contribution in [2.45, 2.75) is 26.3 Å². The number of oxazole rings is 1. The van der Waals surface area contributed by atoms with Gasteiger partial charge in [0.1, 0.15) is 5.52 Å². The second-order valence-electron chi connectivity index (χ2n) is 9.35. The summed E-state index contributed by atoms with van der Waals surface area (Å²) < 4.78 is 6.06. The molecule has 5 rings (SSSR count). The molecule has 0 saturated carbocycles. The number of amides is 1. The summed E-state index contributed by atoms with van der Waals surface area (Å²) in [4.78, 5) is 29.9. The van der Waals surface area contributed by atoms with Crippen molar-refractivity contribution >= 4 is 22.8 Å². The van der Waals surface area contributed by atoms with Crippen LogP contribution in [0.4, 0.5) is 0 Å². The lowest BCUT2D eigenvalue weighted by molar-refractivity contribution is 0.0950. The Hall–Kier alpha value is -5.02. The molecule has 1 aromatic heterocycles. The Kier molecular flexibility index (Phi) is 6.84. The zero-order valence-electron chi connectivity index (χ0n) is 21.1. The van der Waals surface area contributed by atoms with Crippen molar-refractivity contribution in [2.24, 2.45) is 0 Å². The minimum absolute atomic E-state index is 0.0360. The van der Waals surface area contributed by atoms with Crippen LogP contribution in [0.5, 0.6) is 0 Å². The van der Waals surface area contributed by atoms with Gasteiger partial charge in [-0.1, -0.05) is 68.4 Å². The van der Waals surface area contributed by atoms with Gasteiger partial charge < -0.3 is 9.73 Å². The molecule has 0 radical (unpaired) electrons. The molecular weight excluding hydrogens is 474 g/mol. The molecule has 0 spiro atoms. The Balaban J connectivity index is 1.25. The third-order valence-electron chi connectivity index (χ3n) is 6.37. The van der Waals surface area contributed by atoms with Gasteiger partial charge in [-0.3, -0.25) is 9.59 Å². The van der Waals surface area contributed by atoms with Gasteiger partial charge in [0.25, 0.3) is 5.91 Å². The molecule has 1 heterocycles. The molecule has 0 aliphatic heterocycles. The van der Waals surface area contributed by atoms with Crippen LogP contribution in [0.3, 0.4) is 0 Å². The zero-order chi connectivity index (χ0) is 26.6. The predicted octanol–water partition coefficient (Wildman–Crippen LogP) is 6.65. The summed E-state index contributed by atoms with van der Waals surface area (Å²) in [5.74, 6) is 0.373. The maximum Gasteiger partial charge on any atom is 0.251 e. The summed E-state index contributed by atoms with van der Waals surface area (Å²) in [5.41, 5.74) is 6.18. The van der Waals surface area contributed by atoms with Crippen LogP contribution in [0.2, 0.25) is 0 Å². The lowest BCUT2D eigenvalue weighted by Crippen LogP contribution is -2.22. The van der Waals surface area contributed by atoms with Crippen LogP contribution >= 0.6 is 0 Å². The summed E-state index contributed by atoms with van der Waals surface area (Å²) >= 11 is 0. The number of nitrogens with one attached hydrogen (secondary N) is 1. The van der Waals surface area contributed by atoms with Crippen molar-refractivity contribution in [1.29, 1.82) is 5.26 Å². The Morgan fingerprint density at radius 1 is 0.895 bits per heavy atom. The van der Waals surface area contributed by atoms with Crippen LogP contribution in [-0.2, 0) is 6.54 Å². The van der Waals surface area contributed by atoms with Crippen LogP contribution in [0.15, 0.2) is 95.4 Å². The number of hydrogen-bond acceptors (Lipinski definition) is 5. The second-order valence-corrected chi connectivity index (χ2v) is 9.35. The summed E-state index contributed by atoms with van der Waals surface area (Å²) in [7, 11) is 0. The van der Waals surface area contributed by atoms with E-state index < -0.39 is 0 Å². The highest BCUT2D eigenvalue weighted by Gasteiger charge is 2.16. The van der Waals surface area contributed by atoms with Crippen LogP contribution in [0, 0.1) is 11.3 Å². The molecule has 0 bridgehead atoms. The fraction of sp³-hybridized carbons (Fsp3) is 0.125. The van der Waals surface area contributed by atoms with Gasteiger partial charge in [-0.05, 0) is 47.9 Å². The van der Waals surface area contributed by atoms with E-state index in [1.165, 1.54) is 0 Å². The van der Waals surface area contributed by atoms with Gasteiger partial charge in [-0.15, -0.1) is 0 Å². The number of ketones is 1. The quantitative estimate of drug-likeness (QED) is 0.253. The van der Waals surface area contributed by atoms with E-state index in [0.717, 1.165) is 16.7 Å². The third-order valence-corrected chi connectivity index (χ3v) is 6.37. The lowest BCUT2D eigenvalue weighted by Gasteiger charge is -2.07. The fourth-order valence-electron chi connectivity index (χ4n) is 4.25. The van der Waals surface area contributed by atoms with Crippen molar-refractivity contribution in [3.8, 4) is 17.5 Å². The van der Waals surface area contributed by atoms with E-state index in [1.807, 2.05) is 50.2 Å². The van der Waals surface area contributed by atoms with Crippen molar-refractivity contribution < 1.29 is 14.0 Å². The number of nitrogens with zero attached hydrogens (tertiary/aromatic N) is 2. The van der Waals surface area contributed by atoms with Crippen LogP contribution in [-0.4, -0.2) is 16.7 Å². The molecule has 0 atom stereocenters. The lowest BCUT2D eigenvalue weighted by atomic mass is 10.00. The maximum atomic E-state index is 12.7. The average molecular weight is 500 g/mol. The molecule has 1 amide bonds. The van der Waals surface area contributed by atoms with E-state index >= 15 is 0 Å². The predicted molar refractivity (Wildman–Crippen MR) is 146 cm³/mol. The van der Waals surface area contributed by atoms with Crippen molar-refractivity contribution in [3.05, 3.63) is 124 Å². The Labute approximate surface area is 220 Å². The standard InChI is InChI=1S/C32H25N3O3/c1-20(2)27-16-22(18-33)17-28-30(27)38-32(35-28)26-14-12-25(13-15-26)31(37)34-19-21-8-10-24(11-9-21)29(36)23-6-4-3-5-7-23/h3-17,20H,19H2,1-2H3,(H,34,37). The SMILES string of the molecule is CC(C)c1cc(C#N)cc2nc(-c3ccc(C(=O)NCc4ccc(C(=O)c5ccccc5)cc4)cc3)oc12. The highest BCUT2D eigenvalue weighted by atomic mass is 16.3. The van der Waals surface area contributed by atoms with Crippen molar-refractivity contribution in [2.75, 3.05) is 0 Å². The van der Waals surface area contributed by atoms with Crippen LogP contribution in [0.25, 0.3) is 22.6 Å². The largest absolute Gasteiger partial charge is 0.436 e. The van der Waals surface area contributed by atoms with Gasteiger partial charge in [-0.25, -0.2) is 4.98 Å². The van der Waals surface area contributed by atoms with E-state index in [9.17, 15) is 14.9 Å². The average Bonchev–Trinajstić information content (AvgIpc) is 3.40. The molecule has 0 saturated heterocycles. The Bertz CT molecular complexity index is 1660. The van der Waals surface area contributed by atoms with E-state index in [1.54, 1.807) is 54.6 Å². The third kappa shape index (κ3) is 5.09. The molecule has 4 aromatic carbocycles. The van der Waals surface area contributed by atoms with E-state index in [2.05, 4.69) is 16.4 Å². The second kappa shape index (κ2) is 10.5. The molecule has 38 heavy (non-hydrogen) atoms. The minimum atomic E-state index is -0.209. The molecule has 6 nitrogen and oxygen atoms in total. The normalized spacial score (nSPS) is 10.9. The topological polar surface area (TPSA) is 96.0 Å². The van der Waals surface area contributed by atoms with Gasteiger partial charge >= 0.3 is 0 Å². The zero-order valence-corrected chi connectivity index (χ0v) is 21.1. The van der Waals surface area contributed by atoms with Gasteiger partial charge in [-0.2, -0.15) is 5.26 Å². The first-order chi connectivity index (χ1) is 18.4. The number of hydrogen-bond donors (Lipinski definition) is 1. The molecule has 1 N–H and O–H groups in total. The molecule has 0 aliphatic rings. The number of aromatic nitrogens is 1. The maximum absolute atomic E-state index is 12.7. The molecule has 186 valence electrons. The summed E-state index contributed by atoms with van der Waals surface area (Å²) in [5, 5.41) is 12.3. The van der Waals surface area contributed by atoms with Gasteiger partial charge in [0.05, 0.1) is 11.6 Å². The monoisotopic (exact) mass is 499 g/mol. The first-order valence-electron chi connectivity index (χ1n) is 12.3. The molecular formula is C32H25N3O3. The molecule has 6 heteroatoms. The van der Waals surface area contributed by atoms with Gasteiger partial charge in [0.15, 0.2) is 11.4 Å². The molecule has 0 aliphatic carbocycles. The van der Waals surface area contributed by atoms with Crippen LogP contribution in [0.1, 0.15) is 62.7 Å². The fourth-order valence-corrected chi connectivity index (χ4v) is 4.25. The summed E-state index contributed by atoms with van der Waals surface area (Å²) in [6.07, 6.45) is 0. The highest BCUT2D eigenvalue weighted by Crippen LogP contribution is 2.31. The van der Waals surface area contributed by atoms with E-state index in [0.29, 0.717) is 45.8 Å². The van der Waals surface area contributed by atoms with Crippen molar-refractivity contribution in [3.63, 3.8) is 0 Å². The summed E-state index contributed by atoms with van der Waals surface area (Å²) in [6.45, 7) is 4.43. The number of nitriles is 1. The first-order valence-corrected chi connectivity index (χ1v) is 12.3. The first kappa shape index (κ1) is 24.7. The number of fused-ring (bicyclic) bond motifs is 1. The number of carbonyl (C=O) groups excluding carboxylic acids is 2. The smallest absolute Gasteiger partial charge is 0.251 e. The number of carbonyl (C=O) groups is 2. The van der Waals surface area contributed by atoms with E-state index in [-0.39, 0.29) is 17.6 Å². The number of benzene rings is 4. The van der Waals surface area contributed by atoms with E-state index in [4.69, 9.17) is 4.42 Å². The van der Waals surface area contributed by atoms with Gasteiger partial charge in [0, 0.05) is 34.4 Å².